The summed E-state index contributed by atoms with van der Waals surface area (Å²) in [4.78, 5) is 0. The maximum absolute atomic E-state index is 5.51. The number of benzene rings is 2. The maximum atomic E-state index is 5.51. The first-order chi connectivity index (χ1) is 9.74. The fourth-order valence-corrected chi connectivity index (χ4v) is 1.80. The van der Waals surface area contributed by atoms with Crippen LogP contribution in [0.5, 0.6) is 5.75 Å². The van der Waals surface area contributed by atoms with E-state index in [0.29, 0.717) is 18.4 Å². The number of para-hydroxylation sites is 1. The van der Waals surface area contributed by atoms with Crippen molar-refractivity contribution in [1.82, 2.24) is 0 Å². The first kappa shape index (κ1) is 14.3. The highest BCUT2D eigenvalue weighted by molar-refractivity contribution is 7.80. The maximum Gasteiger partial charge on any atom is 0.261 e. The lowest BCUT2D eigenvalue weighted by molar-refractivity contribution is 0.212. The summed E-state index contributed by atoms with van der Waals surface area (Å²) in [5, 5.41) is 3.37. The van der Waals surface area contributed by atoms with Crippen LogP contribution in [-0.4, -0.2) is 18.4 Å². The summed E-state index contributed by atoms with van der Waals surface area (Å²) < 4.78 is 10.9. The Hall–Kier alpha value is -2.07. The minimum absolute atomic E-state index is 0.352. The Balaban J connectivity index is 1.66. The molecule has 4 heteroatoms. The summed E-state index contributed by atoms with van der Waals surface area (Å²) in [6, 6.07) is 17.6. The summed E-state index contributed by atoms with van der Waals surface area (Å²) in [6.45, 7) is 2.91. The largest absolute Gasteiger partial charge is 0.490 e. The highest BCUT2D eigenvalue weighted by Gasteiger charge is 1.99. The second-order valence-corrected chi connectivity index (χ2v) is 4.66. The number of anilines is 1. The number of nitrogens with one attached hydrogen (secondary N) is 1. The Morgan fingerprint density at radius 1 is 1.00 bits per heavy atom. The molecule has 20 heavy (non-hydrogen) atoms. The van der Waals surface area contributed by atoms with Gasteiger partial charge in [-0.25, -0.2) is 0 Å². The van der Waals surface area contributed by atoms with Gasteiger partial charge in [-0.1, -0.05) is 35.9 Å². The Labute approximate surface area is 124 Å². The average molecular weight is 287 g/mol. The molecule has 0 aliphatic heterocycles. The number of hydrogen-bond donors (Lipinski definition) is 1. The van der Waals surface area contributed by atoms with Crippen molar-refractivity contribution in [3.05, 3.63) is 60.2 Å². The van der Waals surface area contributed by atoms with Gasteiger partial charge in [0.25, 0.3) is 5.17 Å². The molecule has 0 unspecified atom stereocenters. The van der Waals surface area contributed by atoms with Gasteiger partial charge in [-0.3, -0.25) is 0 Å². The molecule has 0 atom stereocenters. The summed E-state index contributed by atoms with van der Waals surface area (Å²) in [7, 11) is 0. The van der Waals surface area contributed by atoms with Crippen LogP contribution in [0.4, 0.5) is 5.69 Å². The predicted molar refractivity (Wildman–Crippen MR) is 85.3 cm³/mol. The SMILES string of the molecule is Cc1ccc(NC(=S)OCCOc2ccccc2)cc1. The quantitative estimate of drug-likeness (QED) is 0.669. The van der Waals surface area contributed by atoms with Gasteiger partial charge in [0, 0.05) is 5.69 Å². The number of aryl methyl sites for hydroxylation is 1. The van der Waals surface area contributed by atoms with E-state index in [-0.39, 0.29) is 0 Å². The Kier molecular flexibility index (Phi) is 5.38. The number of thiocarbonyl (C=S) groups is 1. The van der Waals surface area contributed by atoms with Gasteiger partial charge in [-0.15, -0.1) is 0 Å². The molecule has 0 spiro atoms. The van der Waals surface area contributed by atoms with E-state index in [0.717, 1.165) is 11.4 Å². The zero-order chi connectivity index (χ0) is 14.2. The first-order valence-corrected chi connectivity index (χ1v) is 6.83. The van der Waals surface area contributed by atoms with Gasteiger partial charge in [-0.2, -0.15) is 0 Å². The van der Waals surface area contributed by atoms with E-state index in [4.69, 9.17) is 21.7 Å². The fourth-order valence-electron chi connectivity index (χ4n) is 1.60. The Bertz CT molecular complexity index is 540. The van der Waals surface area contributed by atoms with E-state index >= 15 is 0 Å². The van der Waals surface area contributed by atoms with Crippen molar-refractivity contribution in [2.75, 3.05) is 18.5 Å². The van der Waals surface area contributed by atoms with Crippen LogP contribution in [0.15, 0.2) is 54.6 Å². The van der Waals surface area contributed by atoms with Gasteiger partial charge in [0.1, 0.15) is 19.0 Å². The summed E-state index contributed by atoms with van der Waals surface area (Å²) in [5.74, 6) is 0.827. The second kappa shape index (κ2) is 7.50. The highest BCUT2D eigenvalue weighted by Crippen LogP contribution is 2.09. The van der Waals surface area contributed by atoms with Crippen LogP contribution in [0, 0.1) is 6.92 Å². The van der Waals surface area contributed by atoms with Crippen molar-refractivity contribution in [2.45, 2.75) is 6.92 Å². The van der Waals surface area contributed by atoms with Crippen molar-refractivity contribution >= 4 is 23.1 Å². The van der Waals surface area contributed by atoms with E-state index in [9.17, 15) is 0 Å². The third-order valence-corrected chi connectivity index (χ3v) is 2.85. The van der Waals surface area contributed by atoms with Crippen molar-refractivity contribution < 1.29 is 9.47 Å². The van der Waals surface area contributed by atoms with Crippen LogP contribution in [0.1, 0.15) is 5.56 Å². The molecule has 0 saturated carbocycles. The van der Waals surface area contributed by atoms with Crippen molar-refractivity contribution in [3.8, 4) is 5.75 Å². The van der Waals surface area contributed by atoms with Crippen LogP contribution in [0.2, 0.25) is 0 Å². The molecule has 0 saturated heterocycles. The monoisotopic (exact) mass is 287 g/mol. The van der Waals surface area contributed by atoms with Crippen molar-refractivity contribution in [1.29, 1.82) is 0 Å². The van der Waals surface area contributed by atoms with Gasteiger partial charge in [0.05, 0.1) is 0 Å². The van der Waals surface area contributed by atoms with Crippen LogP contribution in [0.25, 0.3) is 0 Å². The molecule has 0 aliphatic rings. The van der Waals surface area contributed by atoms with E-state index in [1.807, 2.05) is 61.5 Å². The zero-order valence-corrected chi connectivity index (χ0v) is 12.2. The summed E-state index contributed by atoms with van der Waals surface area (Å²) in [5.41, 5.74) is 2.13. The molecule has 0 aliphatic carbocycles. The molecular weight excluding hydrogens is 270 g/mol. The lowest BCUT2D eigenvalue weighted by Gasteiger charge is -2.10. The molecule has 0 aromatic heterocycles. The average Bonchev–Trinajstić information content (AvgIpc) is 2.47. The predicted octanol–water partition coefficient (Wildman–Crippen LogP) is 3.79. The molecular formula is C16H17NO2S. The van der Waals surface area contributed by atoms with Gasteiger partial charge in [0.15, 0.2) is 0 Å². The molecule has 0 heterocycles. The van der Waals surface area contributed by atoms with Crippen LogP contribution in [0.3, 0.4) is 0 Å². The first-order valence-electron chi connectivity index (χ1n) is 6.42. The topological polar surface area (TPSA) is 30.5 Å². The summed E-state index contributed by atoms with van der Waals surface area (Å²) >= 11 is 5.11. The zero-order valence-electron chi connectivity index (χ0n) is 11.3. The molecule has 3 nitrogen and oxygen atoms in total. The smallest absolute Gasteiger partial charge is 0.261 e. The highest BCUT2D eigenvalue weighted by atomic mass is 32.1. The molecule has 0 bridgehead atoms. The molecule has 0 radical (unpaired) electrons. The molecule has 0 amide bonds. The molecule has 104 valence electrons. The Morgan fingerprint density at radius 2 is 1.70 bits per heavy atom. The molecule has 0 fully saturated rings. The summed E-state index contributed by atoms with van der Waals surface area (Å²) in [6.07, 6.45) is 0. The van der Waals surface area contributed by atoms with Gasteiger partial charge in [0.2, 0.25) is 0 Å². The van der Waals surface area contributed by atoms with E-state index in [1.54, 1.807) is 0 Å². The van der Waals surface area contributed by atoms with E-state index in [1.165, 1.54) is 5.56 Å². The van der Waals surface area contributed by atoms with Crippen molar-refractivity contribution in [3.63, 3.8) is 0 Å². The van der Waals surface area contributed by atoms with E-state index < -0.39 is 0 Å². The lowest BCUT2D eigenvalue weighted by Crippen LogP contribution is -2.17. The van der Waals surface area contributed by atoms with Gasteiger partial charge >= 0.3 is 0 Å². The van der Waals surface area contributed by atoms with Crippen LogP contribution < -0.4 is 10.1 Å². The van der Waals surface area contributed by atoms with Gasteiger partial charge in [-0.05, 0) is 43.4 Å². The number of rotatable bonds is 5. The third kappa shape index (κ3) is 4.90. The number of ether oxygens (including phenoxy) is 2. The van der Waals surface area contributed by atoms with Crippen molar-refractivity contribution in [2.24, 2.45) is 0 Å². The molecule has 1 N–H and O–H groups in total. The lowest BCUT2D eigenvalue weighted by atomic mass is 10.2. The fraction of sp³-hybridized carbons (Fsp3) is 0.188. The molecule has 2 aromatic rings. The molecule has 2 aromatic carbocycles. The molecule has 2 rings (SSSR count). The van der Waals surface area contributed by atoms with E-state index in [2.05, 4.69) is 5.32 Å². The van der Waals surface area contributed by atoms with Crippen LogP contribution in [-0.2, 0) is 4.74 Å². The standard InChI is InChI=1S/C16H17NO2S/c1-13-7-9-14(10-8-13)17-16(20)19-12-11-18-15-5-3-2-4-6-15/h2-10H,11-12H2,1H3,(H,17,20). The minimum Gasteiger partial charge on any atom is -0.490 e. The third-order valence-electron chi connectivity index (χ3n) is 2.63. The van der Waals surface area contributed by atoms with Crippen LogP contribution >= 0.6 is 12.2 Å². The minimum atomic E-state index is 0.352. The number of hydrogen-bond acceptors (Lipinski definition) is 3. The Morgan fingerprint density at radius 3 is 2.40 bits per heavy atom. The van der Waals surface area contributed by atoms with Gasteiger partial charge < -0.3 is 14.8 Å². The second-order valence-electron chi connectivity index (χ2n) is 4.29. The normalized spacial score (nSPS) is 9.85.